The topological polar surface area (TPSA) is 90.0 Å². The van der Waals surface area contributed by atoms with Gasteiger partial charge in [-0.15, -0.1) is 0 Å². The number of carboxylic acids is 1. The lowest BCUT2D eigenvalue weighted by Crippen LogP contribution is -2.49. The normalized spacial score (nSPS) is 21.5. The van der Waals surface area contributed by atoms with Crippen LogP contribution >= 0.6 is 0 Å². The van der Waals surface area contributed by atoms with Gasteiger partial charge >= 0.3 is 12.0 Å². The third kappa shape index (κ3) is 5.24. The molecule has 1 aliphatic rings. The maximum atomic E-state index is 12.2. The smallest absolute Gasteiger partial charge is 0.318 e. The van der Waals surface area contributed by atoms with E-state index in [1.807, 2.05) is 6.92 Å². The third-order valence-electron chi connectivity index (χ3n) is 3.84. The molecular formula is C14H25N3O4. The van der Waals surface area contributed by atoms with Crippen LogP contribution in [0.4, 0.5) is 4.79 Å². The van der Waals surface area contributed by atoms with Gasteiger partial charge in [-0.05, 0) is 26.2 Å². The Bertz CT molecular complexity index is 398. The molecule has 0 aromatic heterocycles. The van der Waals surface area contributed by atoms with Crippen LogP contribution in [0, 0.1) is 5.92 Å². The summed E-state index contributed by atoms with van der Waals surface area (Å²) in [6.07, 6.45) is 2.71. The Morgan fingerprint density at radius 3 is 2.43 bits per heavy atom. The molecule has 0 radical (unpaired) electrons. The minimum absolute atomic E-state index is 0.0322. The Kier molecular flexibility index (Phi) is 6.45. The Balaban J connectivity index is 2.53. The molecule has 0 spiro atoms. The molecule has 0 aromatic rings. The first-order chi connectivity index (χ1) is 9.85. The van der Waals surface area contributed by atoms with Crippen molar-refractivity contribution in [2.24, 2.45) is 5.92 Å². The molecule has 1 fully saturated rings. The first-order valence-electron chi connectivity index (χ1n) is 7.33. The quantitative estimate of drug-likeness (QED) is 0.784. The highest BCUT2D eigenvalue weighted by Gasteiger charge is 2.29. The van der Waals surface area contributed by atoms with Crippen molar-refractivity contribution in [3.63, 3.8) is 0 Å². The minimum atomic E-state index is -0.802. The molecule has 2 atom stereocenters. The number of carbonyl (C=O) groups is 3. The van der Waals surface area contributed by atoms with Gasteiger partial charge < -0.3 is 20.2 Å². The van der Waals surface area contributed by atoms with Gasteiger partial charge in [-0.2, -0.15) is 0 Å². The molecular weight excluding hydrogens is 274 g/mol. The SMILES string of the molecule is CCN(CC(=O)N(C)C)C(=O)NC1CCCC(C(=O)O)C1. The fourth-order valence-corrected chi connectivity index (χ4v) is 2.44. The monoisotopic (exact) mass is 299 g/mol. The maximum Gasteiger partial charge on any atom is 0.318 e. The number of likely N-dealkylation sites (N-methyl/N-ethyl adjacent to an activating group) is 2. The van der Waals surface area contributed by atoms with Crippen molar-refractivity contribution in [1.82, 2.24) is 15.1 Å². The summed E-state index contributed by atoms with van der Waals surface area (Å²) < 4.78 is 0. The van der Waals surface area contributed by atoms with E-state index in [9.17, 15) is 14.4 Å². The zero-order valence-electron chi connectivity index (χ0n) is 13.0. The number of carboxylic acid groups (broad SMARTS) is 1. The molecule has 0 heterocycles. The van der Waals surface area contributed by atoms with E-state index in [2.05, 4.69) is 5.32 Å². The van der Waals surface area contributed by atoms with E-state index in [1.165, 1.54) is 9.80 Å². The fraction of sp³-hybridized carbons (Fsp3) is 0.786. The van der Waals surface area contributed by atoms with E-state index in [4.69, 9.17) is 5.11 Å². The minimum Gasteiger partial charge on any atom is -0.481 e. The van der Waals surface area contributed by atoms with E-state index < -0.39 is 5.97 Å². The van der Waals surface area contributed by atoms with E-state index in [0.717, 1.165) is 12.8 Å². The van der Waals surface area contributed by atoms with Gasteiger partial charge in [-0.25, -0.2) is 4.79 Å². The average Bonchev–Trinajstić information content (AvgIpc) is 2.44. The second-order valence-electron chi connectivity index (χ2n) is 5.65. The van der Waals surface area contributed by atoms with Crippen LogP contribution in [-0.4, -0.2) is 66.0 Å². The van der Waals surface area contributed by atoms with Gasteiger partial charge in [0.2, 0.25) is 5.91 Å². The Morgan fingerprint density at radius 2 is 1.90 bits per heavy atom. The summed E-state index contributed by atoms with van der Waals surface area (Å²) in [5, 5.41) is 11.9. The summed E-state index contributed by atoms with van der Waals surface area (Å²) in [6.45, 7) is 2.27. The standard InChI is InChI=1S/C14H25N3O4/c1-4-17(9-12(18)16(2)3)14(21)15-11-7-5-6-10(8-11)13(19)20/h10-11H,4-9H2,1-3H3,(H,15,21)(H,19,20). The van der Waals surface area contributed by atoms with Crippen LogP contribution in [0.5, 0.6) is 0 Å². The second-order valence-corrected chi connectivity index (χ2v) is 5.65. The predicted molar refractivity (Wildman–Crippen MR) is 77.9 cm³/mol. The van der Waals surface area contributed by atoms with E-state index >= 15 is 0 Å². The summed E-state index contributed by atoms with van der Waals surface area (Å²) >= 11 is 0. The van der Waals surface area contributed by atoms with Gasteiger partial charge in [-0.3, -0.25) is 9.59 Å². The van der Waals surface area contributed by atoms with Crippen molar-refractivity contribution in [2.45, 2.75) is 38.6 Å². The number of hydrogen-bond acceptors (Lipinski definition) is 3. The maximum absolute atomic E-state index is 12.2. The largest absolute Gasteiger partial charge is 0.481 e. The Labute approximate surface area is 125 Å². The molecule has 1 saturated carbocycles. The average molecular weight is 299 g/mol. The van der Waals surface area contributed by atoms with Gasteiger partial charge in [0.15, 0.2) is 0 Å². The number of nitrogens with zero attached hydrogens (tertiary/aromatic N) is 2. The Morgan fingerprint density at radius 1 is 1.24 bits per heavy atom. The molecule has 0 aromatic carbocycles. The van der Waals surface area contributed by atoms with Crippen LogP contribution in [-0.2, 0) is 9.59 Å². The van der Waals surface area contributed by atoms with E-state index in [1.54, 1.807) is 14.1 Å². The van der Waals surface area contributed by atoms with Crippen molar-refractivity contribution in [3.8, 4) is 0 Å². The lowest BCUT2D eigenvalue weighted by molar-refractivity contribution is -0.143. The first kappa shape index (κ1) is 17.3. The van der Waals surface area contributed by atoms with E-state index in [-0.39, 0.29) is 30.4 Å². The molecule has 0 aliphatic heterocycles. The van der Waals surface area contributed by atoms with Crippen molar-refractivity contribution in [1.29, 1.82) is 0 Å². The van der Waals surface area contributed by atoms with Gasteiger partial charge in [0, 0.05) is 26.7 Å². The Hall–Kier alpha value is -1.79. The highest BCUT2D eigenvalue weighted by Crippen LogP contribution is 2.24. The molecule has 2 N–H and O–H groups in total. The lowest BCUT2D eigenvalue weighted by atomic mass is 9.86. The molecule has 2 unspecified atom stereocenters. The summed E-state index contributed by atoms with van der Waals surface area (Å²) in [5.74, 6) is -1.33. The van der Waals surface area contributed by atoms with Crippen LogP contribution in [0.2, 0.25) is 0 Å². The number of amides is 3. The fourth-order valence-electron chi connectivity index (χ4n) is 2.44. The number of urea groups is 1. The van der Waals surface area contributed by atoms with Gasteiger partial charge in [0.05, 0.1) is 5.92 Å². The second kappa shape index (κ2) is 7.85. The predicted octanol–water partition coefficient (Wildman–Crippen LogP) is 0.750. The molecule has 21 heavy (non-hydrogen) atoms. The summed E-state index contributed by atoms with van der Waals surface area (Å²) in [4.78, 5) is 37.8. The third-order valence-corrected chi connectivity index (χ3v) is 3.84. The van der Waals surface area contributed by atoms with Crippen molar-refractivity contribution in [3.05, 3.63) is 0 Å². The van der Waals surface area contributed by atoms with E-state index in [0.29, 0.717) is 19.4 Å². The molecule has 1 aliphatic carbocycles. The van der Waals surface area contributed by atoms with Gasteiger partial charge in [0.1, 0.15) is 6.54 Å². The number of aliphatic carboxylic acids is 1. The van der Waals surface area contributed by atoms with Crippen LogP contribution in [0.15, 0.2) is 0 Å². The lowest BCUT2D eigenvalue weighted by Gasteiger charge is -2.30. The number of rotatable bonds is 5. The zero-order chi connectivity index (χ0) is 16.0. The molecule has 3 amide bonds. The number of carbonyl (C=O) groups excluding carboxylic acids is 2. The molecule has 7 nitrogen and oxygen atoms in total. The molecule has 120 valence electrons. The van der Waals surface area contributed by atoms with Crippen LogP contribution in [0.25, 0.3) is 0 Å². The van der Waals surface area contributed by atoms with Crippen LogP contribution < -0.4 is 5.32 Å². The number of hydrogen-bond donors (Lipinski definition) is 2. The number of nitrogens with one attached hydrogen (secondary N) is 1. The molecule has 0 saturated heterocycles. The van der Waals surface area contributed by atoms with Crippen molar-refractivity contribution in [2.75, 3.05) is 27.2 Å². The zero-order valence-corrected chi connectivity index (χ0v) is 13.0. The summed E-state index contributed by atoms with van der Waals surface area (Å²) in [5.41, 5.74) is 0. The highest BCUT2D eigenvalue weighted by atomic mass is 16.4. The van der Waals surface area contributed by atoms with Crippen LogP contribution in [0.3, 0.4) is 0 Å². The summed E-state index contributed by atoms with van der Waals surface area (Å²) in [7, 11) is 3.29. The van der Waals surface area contributed by atoms with Crippen LogP contribution in [0.1, 0.15) is 32.6 Å². The van der Waals surface area contributed by atoms with Gasteiger partial charge in [0.25, 0.3) is 0 Å². The van der Waals surface area contributed by atoms with Crippen molar-refractivity contribution >= 4 is 17.9 Å². The molecule has 0 bridgehead atoms. The highest BCUT2D eigenvalue weighted by molar-refractivity contribution is 5.84. The first-order valence-corrected chi connectivity index (χ1v) is 7.33. The van der Waals surface area contributed by atoms with Crippen molar-refractivity contribution < 1.29 is 19.5 Å². The molecule has 7 heteroatoms. The van der Waals surface area contributed by atoms with Gasteiger partial charge in [-0.1, -0.05) is 6.42 Å². The molecule has 1 rings (SSSR count). The summed E-state index contributed by atoms with van der Waals surface area (Å²) in [6, 6.07) is -0.431.